The highest BCUT2D eigenvalue weighted by Gasteiger charge is 2.48. The highest BCUT2D eigenvalue weighted by Crippen LogP contribution is 2.36. The first-order valence-electron chi connectivity index (χ1n) is 6.86. The number of methoxy groups -OCH3 is 1. The number of rotatable bonds is 4. The van der Waals surface area contributed by atoms with Crippen LogP contribution >= 0.6 is 0 Å². The monoisotopic (exact) mass is 374 g/mol. The van der Waals surface area contributed by atoms with Crippen molar-refractivity contribution < 1.29 is 35.3 Å². The van der Waals surface area contributed by atoms with Crippen LogP contribution in [0.4, 0.5) is 13.2 Å². The lowest BCUT2D eigenvalue weighted by molar-refractivity contribution is -0.0499. The summed E-state index contributed by atoms with van der Waals surface area (Å²) in [5.74, 6) is -1.26. The van der Waals surface area contributed by atoms with Crippen LogP contribution in [0.25, 0.3) is 11.1 Å². The van der Waals surface area contributed by atoms with Gasteiger partial charge in [-0.1, -0.05) is 24.3 Å². The van der Waals surface area contributed by atoms with Crippen LogP contribution in [0.2, 0.25) is 0 Å². The van der Waals surface area contributed by atoms with Crippen LogP contribution in [0.5, 0.6) is 5.75 Å². The van der Waals surface area contributed by atoms with E-state index >= 15 is 0 Å². The number of hydrogen-bond acceptors (Lipinski definition) is 5. The Hall–Kier alpha value is -2.55. The number of aryl methyl sites for hydroxylation is 1. The summed E-state index contributed by atoms with van der Waals surface area (Å²) in [6.07, 6.45) is 0. The smallest absolute Gasteiger partial charge is 0.465 e. The molecule has 5 nitrogen and oxygen atoms in total. The van der Waals surface area contributed by atoms with Gasteiger partial charge in [-0.2, -0.15) is 21.6 Å². The summed E-state index contributed by atoms with van der Waals surface area (Å²) in [4.78, 5) is 11.7. The van der Waals surface area contributed by atoms with Crippen molar-refractivity contribution in [1.82, 2.24) is 0 Å². The van der Waals surface area contributed by atoms with E-state index in [4.69, 9.17) is 0 Å². The molecular weight excluding hydrogens is 361 g/mol. The van der Waals surface area contributed by atoms with Crippen LogP contribution in [0, 0.1) is 6.92 Å². The highest BCUT2D eigenvalue weighted by molar-refractivity contribution is 7.88. The summed E-state index contributed by atoms with van der Waals surface area (Å²) >= 11 is 0. The molecule has 0 aliphatic rings. The molecule has 0 N–H and O–H groups in total. The topological polar surface area (TPSA) is 69.7 Å². The third-order valence-corrected chi connectivity index (χ3v) is 4.28. The van der Waals surface area contributed by atoms with Crippen molar-refractivity contribution in [1.29, 1.82) is 0 Å². The maximum Gasteiger partial charge on any atom is 0.534 e. The summed E-state index contributed by atoms with van der Waals surface area (Å²) in [5.41, 5.74) is -4.44. The van der Waals surface area contributed by atoms with Crippen molar-refractivity contribution in [3.8, 4) is 16.9 Å². The Morgan fingerprint density at radius 2 is 1.68 bits per heavy atom. The van der Waals surface area contributed by atoms with Gasteiger partial charge in [-0.25, -0.2) is 4.79 Å². The molecule has 2 aromatic carbocycles. The second kappa shape index (κ2) is 6.75. The van der Waals surface area contributed by atoms with Crippen molar-refractivity contribution in [2.75, 3.05) is 7.11 Å². The second-order valence-electron chi connectivity index (χ2n) is 5.00. The number of benzene rings is 2. The first-order valence-corrected chi connectivity index (χ1v) is 8.27. The molecule has 0 amide bonds. The number of ether oxygens (including phenoxy) is 1. The first-order chi connectivity index (χ1) is 11.6. The Balaban J connectivity index is 2.65. The summed E-state index contributed by atoms with van der Waals surface area (Å²) in [7, 11) is -4.70. The molecule has 25 heavy (non-hydrogen) atoms. The van der Waals surface area contributed by atoms with Gasteiger partial charge in [0.2, 0.25) is 0 Å². The SMILES string of the molecule is COC(=O)c1ccc(OS(=O)(=O)C(F)(F)F)c(-c2ccccc2C)c1. The minimum Gasteiger partial charge on any atom is -0.465 e. The predicted octanol–water partition coefficient (Wildman–Crippen LogP) is 3.68. The molecule has 2 aromatic rings. The van der Waals surface area contributed by atoms with Crippen LogP contribution in [-0.4, -0.2) is 27.0 Å². The molecule has 0 aliphatic heterocycles. The quantitative estimate of drug-likeness (QED) is 0.464. The third-order valence-electron chi connectivity index (χ3n) is 3.32. The molecule has 0 saturated heterocycles. The van der Waals surface area contributed by atoms with E-state index in [1.807, 2.05) is 0 Å². The van der Waals surface area contributed by atoms with Gasteiger partial charge in [0.1, 0.15) is 0 Å². The van der Waals surface area contributed by atoms with Gasteiger partial charge in [0.05, 0.1) is 12.7 Å². The number of carbonyl (C=O) groups is 1. The maximum absolute atomic E-state index is 12.6. The van der Waals surface area contributed by atoms with Crippen molar-refractivity contribution in [2.24, 2.45) is 0 Å². The molecule has 0 heterocycles. The van der Waals surface area contributed by atoms with Gasteiger partial charge in [-0.05, 0) is 36.2 Å². The van der Waals surface area contributed by atoms with Crippen LogP contribution in [-0.2, 0) is 14.9 Å². The normalized spacial score (nSPS) is 11.9. The Kier molecular flexibility index (Phi) is 5.07. The minimum absolute atomic E-state index is 0.0221. The van der Waals surface area contributed by atoms with E-state index in [-0.39, 0.29) is 11.1 Å². The zero-order valence-corrected chi connectivity index (χ0v) is 13.9. The molecule has 0 bridgehead atoms. The number of carbonyl (C=O) groups excluding carboxylic acids is 1. The average Bonchev–Trinajstić information content (AvgIpc) is 2.54. The molecule has 0 atom stereocenters. The summed E-state index contributed by atoms with van der Waals surface area (Å²) in [6.45, 7) is 1.68. The fraction of sp³-hybridized carbons (Fsp3) is 0.188. The molecular formula is C16H13F3O5S. The summed E-state index contributed by atoms with van der Waals surface area (Å²) in [5, 5.41) is 0. The fourth-order valence-electron chi connectivity index (χ4n) is 2.10. The lowest BCUT2D eigenvalue weighted by Gasteiger charge is -2.15. The van der Waals surface area contributed by atoms with Crippen molar-refractivity contribution >= 4 is 16.1 Å². The summed E-state index contributed by atoms with van der Waals surface area (Å²) in [6, 6.07) is 9.90. The van der Waals surface area contributed by atoms with Gasteiger partial charge in [0.15, 0.2) is 5.75 Å². The Bertz CT molecular complexity index is 904. The molecule has 2 rings (SSSR count). The molecule has 0 spiro atoms. The number of halogens is 3. The van der Waals surface area contributed by atoms with E-state index < -0.39 is 27.3 Å². The van der Waals surface area contributed by atoms with Crippen molar-refractivity contribution in [3.05, 3.63) is 53.6 Å². The zero-order valence-electron chi connectivity index (χ0n) is 13.1. The van der Waals surface area contributed by atoms with Gasteiger partial charge in [0, 0.05) is 5.56 Å². The predicted molar refractivity (Wildman–Crippen MR) is 83.6 cm³/mol. The lowest BCUT2D eigenvalue weighted by atomic mass is 9.98. The fourth-order valence-corrected chi connectivity index (χ4v) is 2.57. The van der Waals surface area contributed by atoms with E-state index in [0.717, 1.165) is 19.2 Å². The van der Waals surface area contributed by atoms with Crippen molar-refractivity contribution in [2.45, 2.75) is 12.4 Å². The van der Waals surface area contributed by atoms with E-state index in [1.54, 1.807) is 31.2 Å². The summed E-state index contributed by atoms with van der Waals surface area (Å²) < 4.78 is 69.3. The second-order valence-corrected chi connectivity index (χ2v) is 6.54. The van der Waals surface area contributed by atoms with E-state index in [2.05, 4.69) is 8.92 Å². The average molecular weight is 374 g/mol. The molecule has 9 heteroatoms. The van der Waals surface area contributed by atoms with E-state index in [1.165, 1.54) is 6.07 Å². The lowest BCUT2D eigenvalue weighted by Crippen LogP contribution is -2.28. The van der Waals surface area contributed by atoms with Crippen molar-refractivity contribution in [3.63, 3.8) is 0 Å². The van der Waals surface area contributed by atoms with Gasteiger partial charge in [-0.15, -0.1) is 0 Å². The van der Waals surface area contributed by atoms with Gasteiger partial charge in [-0.3, -0.25) is 0 Å². The number of alkyl halides is 3. The van der Waals surface area contributed by atoms with Crippen LogP contribution in [0.3, 0.4) is 0 Å². The minimum atomic E-state index is -5.85. The maximum atomic E-state index is 12.6. The molecule has 0 saturated carbocycles. The molecule has 134 valence electrons. The Labute approximate surface area is 142 Å². The van der Waals surface area contributed by atoms with Gasteiger partial charge >= 0.3 is 21.6 Å². The third kappa shape index (κ3) is 3.93. The van der Waals surface area contributed by atoms with Gasteiger partial charge < -0.3 is 8.92 Å². The van der Waals surface area contributed by atoms with Gasteiger partial charge in [0.25, 0.3) is 0 Å². The Morgan fingerprint density at radius 1 is 1.04 bits per heavy atom. The number of esters is 1. The molecule has 0 aliphatic carbocycles. The largest absolute Gasteiger partial charge is 0.534 e. The molecule has 0 fully saturated rings. The van der Waals surface area contributed by atoms with E-state index in [9.17, 15) is 26.4 Å². The highest BCUT2D eigenvalue weighted by atomic mass is 32.2. The molecule has 0 radical (unpaired) electrons. The van der Waals surface area contributed by atoms with Crippen LogP contribution < -0.4 is 4.18 Å². The zero-order chi connectivity index (χ0) is 18.8. The standard InChI is InChI=1S/C16H13F3O5S/c1-10-5-3-4-6-12(10)13-9-11(15(20)23-2)7-8-14(13)24-25(21,22)16(17,18)19/h3-9H,1-2H3. The number of hydrogen-bond donors (Lipinski definition) is 0. The molecule has 0 aromatic heterocycles. The molecule has 0 unspecified atom stereocenters. The van der Waals surface area contributed by atoms with E-state index in [0.29, 0.717) is 11.1 Å². The van der Waals surface area contributed by atoms with Crippen LogP contribution in [0.1, 0.15) is 15.9 Å². The first kappa shape index (κ1) is 18.8. The van der Waals surface area contributed by atoms with Crippen LogP contribution in [0.15, 0.2) is 42.5 Å². The Morgan fingerprint density at radius 3 is 2.24 bits per heavy atom.